The fraction of sp³-hybridized carbons (Fsp3) is 0.353. The van der Waals surface area contributed by atoms with E-state index in [1.807, 2.05) is 6.07 Å². The number of carbonyl (C=O) groups is 2. The monoisotopic (exact) mass is 341 g/mol. The molecule has 0 unspecified atom stereocenters. The first-order chi connectivity index (χ1) is 12.0. The van der Waals surface area contributed by atoms with E-state index in [-0.39, 0.29) is 23.8 Å². The summed E-state index contributed by atoms with van der Waals surface area (Å²) < 4.78 is 7.28. The molecule has 130 valence electrons. The summed E-state index contributed by atoms with van der Waals surface area (Å²) in [6.45, 7) is 2.38. The minimum absolute atomic E-state index is 0.121. The van der Waals surface area contributed by atoms with Crippen LogP contribution in [0.4, 0.5) is 0 Å². The van der Waals surface area contributed by atoms with Crippen molar-refractivity contribution in [1.82, 2.24) is 9.55 Å². The average Bonchev–Trinajstić information content (AvgIpc) is 3.03. The van der Waals surface area contributed by atoms with E-state index in [2.05, 4.69) is 4.98 Å². The van der Waals surface area contributed by atoms with Gasteiger partial charge in [0.15, 0.2) is 11.6 Å². The van der Waals surface area contributed by atoms with Gasteiger partial charge in [-0.15, -0.1) is 0 Å². The van der Waals surface area contributed by atoms with Gasteiger partial charge in [0.05, 0.1) is 18.1 Å². The molecule has 0 spiro atoms. The molecule has 2 heterocycles. The van der Waals surface area contributed by atoms with Crippen LogP contribution < -0.4 is 10.4 Å². The third-order valence-electron chi connectivity index (χ3n) is 4.42. The fourth-order valence-electron chi connectivity index (χ4n) is 3.15. The number of carbonyl (C=O) groups excluding carboxylic acids is 2. The van der Waals surface area contributed by atoms with Crippen LogP contribution in [-0.4, -0.2) is 39.8 Å². The molecule has 0 bridgehead atoms. The first kappa shape index (κ1) is 17.4. The summed E-state index contributed by atoms with van der Waals surface area (Å²) in [6.07, 6.45) is 3.67. The summed E-state index contributed by atoms with van der Waals surface area (Å²) in [5, 5.41) is 10.3. The van der Waals surface area contributed by atoms with Gasteiger partial charge in [0, 0.05) is 25.3 Å². The number of hydrogen-bond acceptors (Lipinski definition) is 6. The summed E-state index contributed by atoms with van der Waals surface area (Å²) in [6, 6.07) is 5.31. The quantitative estimate of drug-likeness (QED) is 0.602. The van der Waals surface area contributed by atoms with Crippen LogP contribution >= 0.6 is 0 Å². The van der Waals surface area contributed by atoms with E-state index in [1.165, 1.54) is 13.1 Å². The van der Waals surface area contributed by atoms with Crippen LogP contribution in [0.25, 0.3) is 0 Å². The molecule has 1 aromatic heterocycles. The highest BCUT2D eigenvalue weighted by atomic mass is 16.5. The summed E-state index contributed by atoms with van der Waals surface area (Å²) in [4.78, 5) is 28.3. The standard InChI is InChI=1S/C17H20BN3O4/c1-11(22)14-4-2-3-12-7-13(18(24)25-17(12)14)8-16(23)15-9-20-10-21(15)6-5-19/h2-4,9-10,13,24H,5-8,19H2,1H3/t13-/m1/s1. The van der Waals surface area contributed by atoms with E-state index >= 15 is 0 Å². The van der Waals surface area contributed by atoms with Gasteiger partial charge in [0.2, 0.25) is 0 Å². The summed E-state index contributed by atoms with van der Waals surface area (Å²) in [5.74, 6) is -0.211. The molecule has 1 aromatic carbocycles. The second-order valence-electron chi connectivity index (χ2n) is 6.21. The average molecular weight is 341 g/mol. The van der Waals surface area contributed by atoms with Gasteiger partial charge in [-0.3, -0.25) is 9.59 Å². The first-order valence-electron chi connectivity index (χ1n) is 8.22. The van der Waals surface area contributed by atoms with Crippen molar-refractivity contribution in [2.24, 2.45) is 5.73 Å². The molecule has 3 N–H and O–H groups in total. The maximum atomic E-state index is 12.6. The maximum absolute atomic E-state index is 12.6. The number of benzene rings is 1. The lowest BCUT2D eigenvalue weighted by atomic mass is 9.64. The van der Waals surface area contributed by atoms with E-state index < -0.39 is 7.12 Å². The van der Waals surface area contributed by atoms with Crippen LogP contribution in [0.3, 0.4) is 0 Å². The van der Waals surface area contributed by atoms with Gasteiger partial charge >= 0.3 is 7.12 Å². The van der Waals surface area contributed by atoms with Crippen LogP contribution in [-0.2, 0) is 13.0 Å². The van der Waals surface area contributed by atoms with Crippen LogP contribution in [0.2, 0.25) is 5.82 Å². The Kier molecular flexibility index (Phi) is 5.01. The van der Waals surface area contributed by atoms with Crippen molar-refractivity contribution in [3.63, 3.8) is 0 Å². The van der Waals surface area contributed by atoms with Gasteiger partial charge in [-0.1, -0.05) is 12.1 Å². The van der Waals surface area contributed by atoms with Crippen LogP contribution in [0.5, 0.6) is 5.75 Å². The lowest BCUT2D eigenvalue weighted by Gasteiger charge is -2.28. The second-order valence-corrected chi connectivity index (χ2v) is 6.21. The van der Waals surface area contributed by atoms with E-state index in [0.717, 1.165) is 5.56 Å². The molecule has 0 fully saturated rings. The predicted octanol–water partition coefficient (Wildman–Crippen LogP) is 1.10. The topological polar surface area (TPSA) is 107 Å². The Labute approximate surface area is 146 Å². The van der Waals surface area contributed by atoms with Crippen LogP contribution in [0, 0.1) is 0 Å². The maximum Gasteiger partial charge on any atom is 0.526 e. The Morgan fingerprint density at radius 2 is 2.28 bits per heavy atom. The normalized spacial score (nSPS) is 16.3. The van der Waals surface area contributed by atoms with Crippen molar-refractivity contribution in [1.29, 1.82) is 0 Å². The van der Waals surface area contributed by atoms with Crippen LogP contribution in [0.1, 0.15) is 39.8 Å². The molecule has 0 amide bonds. The molecule has 1 aliphatic rings. The number of para-hydroxylation sites is 1. The van der Waals surface area contributed by atoms with Crippen LogP contribution in [0.15, 0.2) is 30.7 Å². The summed E-state index contributed by atoms with van der Waals surface area (Å²) in [5.41, 5.74) is 7.28. The molecule has 0 saturated carbocycles. The number of hydrogen-bond donors (Lipinski definition) is 2. The minimum Gasteiger partial charge on any atom is -0.535 e. The molecule has 1 aliphatic heterocycles. The highest BCUT2D eigenvalue weighted by Gasteiger charge is 2.37. The molecule has 0 aliphatic carbocycles. The molecule has 0 saturated heterocycles. The largest absolute Gasteiger partial charge is 0.535 e. The van der Waals surface area contributed by atoms with Gasteiger partial charge < -0.3 is 20.0 Å². The third kappa shape index (κ3) is 3.50. The highest BCUT2D eigenvalue weighted by Crippen LogP contribution is 2.36. The van der Waals surface area contributed by atoms with Gasteiger partial charge in [-0.2, -0.15) is 0 Å². The van der Waals surface area contributed by atoms with Crippen molar-refractivity contribution in [3.05, 3.63) is 47.5 Å². The molecular formula is C17H20BN3O4. The first-order valence-corrected chi connectivity index (χ1v) is 8.22. The van der Waals surface area contributed by atoms with Gasteiger partial charge in [0.1, 0.15) is 11.4 Å². The van der Waals surface area contributed by atoms with Crippen molar-refractivity contribution in [2.45, 2.75) is 32.1 Å². The zero-order chi connectivity index (χ0) is 18.0. The molecule has 8 heteroatoms. The highest BCUT2D eigenvalue weighted by molar-refractivity contribution is 6.47. The van der Waals surface area contributed by atoms with E-state index in [4.69, 9.17) is 10.4 Å². The Hall–Kier alpha value is -2.45. The number of imidazole rings is 1. The van der Waals surface area contributed by atoms with Crippen molar-refractivity contribution >= 4 is 18.7 Å². The molecule has 2 aromatic rings. The zero-order valence-corrected chi connectivity index (χ0v) is 14.0. The number of nitrogens with two attached hydrogens (primary N) is 1. The number of aromatic nitrogens is 2. The number of nitrogens with zero attached hydrogens (tertiary/aromatic N) is 2. The lowest BCUT2D eigenvalue weighted by molar-refractivity contribution is 0.0963. The van der Waals surface area contributed by atoms with E-state index in [0.29, 0.717) is 36.5 Å². The number of ketones is 2. The number of rotatable bonds is 6. The van der Waals surface area contributed by atoms with Gasteiger partial charge in [0.25, 0.3) is 0 Å². The molecule has 0 radical (unpaired) electrons. The molecule has 3 rings (SSSR count). The SMILES string of the molecule is CC(=O)c1cccc2c1OB(O)[C@@H](CC(=O)c1cncn1CCN)C2. The number of fused-ring (bicyclic) bond motifs is 1. The Balaban J connectivity index is 1.78. The summed E-state index contributed by atoms with van der Waals surface area (Å²) >= 11 is 0. The van der Waals surface area contributed by atoms with Crippen molar-refractivity contribution in [3.8, 4) is 5.75 Å². The Morgan fingerprint density at radius 1 is 1.48 bits per heavy atom. The minimum atomic E-state index is -1.14. The molecule has 1 atom stereocenters. The lowest BCUT2D eigenvalue weighted by Crippen LogP contribution is -2.36. The zero-order valence-electron chi connectivity index (χ0n) is 14.0. The molecule has 25 heavy (non-hydrogen) atoms. The molecular weight excluding hydrogens is 321 g/mol. The Bertz CT molecular complexity index is 805. The van der Waals surface area contributed by atoms with Crippen molar-refractivity contribution in [2.75, 3.05) is 6.54 Å². The van der Waals surface area contributed by atoms with E-state index in [1.54, 1.807) is 23.0 Å². The van der Waals surface area contributed by atoms with Gasteiger partial charge in [-0.05, 0) is 25.0 Å². The van der Waals surface area contributed by atoms with Gasteiger partial charge in [-0.25, -0.2) is 4.98 Å². The van der Waals surface area contributed by atoms with Crippen molar-refractivity contribution < 1.29 is 19.3 Å². The third-order valence-corrected chi connectivity index (χ3v) is 4.42. The molecule has 7 nitrogen and oxygen atoms in total. The predicted molar refractivity (Wildman–Crippen MR) is 92.7 cm³/mol. The second kappa shape index (κ2) is 7.20. The Morgan fingerprint density at radius 3 is 3.00 bits per heavy atom. The van der Waals surface area contributed by atoms with E-state index in [9.17, 15) is 14.6 Å². The fourth-order valence-corrected chi connectivity index (χ4v) is 3.15. The summed E-state index contributed by atoms with van der Waals surface area (Å²) in [7, 11) is -1.14. The smallest absolute Gasteiger partial charge is 0.526 e. The number of Topliss-reactive ketones (excluding diaryl/α,β-unsaturated/α-hetero) is 2.